The molecule has 0 aliphatic carbocycles. The van der Waals surface area contributed by atoms with Crippen LogP contribution in [0.15, 0.2) is 29.6 Å². The van der Waals surface area contributed by atoms with Crippen molar-refractivity contribution in [2.75, 3.05) is 0 Å². The highest BCUT2D eigenvalue weighted by Gasteiger charge is 2.10. The van der Waals surface area contributed by atoms with Gasteiger partial charge in [0.05, 0.1) is 41.0 Å². The number of benzene rings is 1. The van der Waals surface area contributed by atoms with Gasteiger partial charge in [0.25, 0.3) is 0 Å². The normalized spacial score (nSPS) is 10.6. The standard InChI is InChI=1S/C14H13Cl2N3OS/c15-12-3-2-10(6-13(12)16)9-21-14-18-7-11(8-20)19(14)5-1-4-17/h2-3,6-7,20H,1,5,8-9H2. The van der Waals surface area contributed by atoms with Crippen molar-refractivity contribution in [3.05, 3.63) is 45.7 Å². The van der Waals surface area contributed by atoms with E-state index in [-0.39, 0.29) is 6.61 Å². The number of nitriles is 1. The van der Waals surface area contributed by atoms with Crippen LogP contribution < -0.4 is 0 Å². The number of aliphatic hydroxyl groups is 1. The van der Waals surface area contributed by atoms with Gasteiger partial charge in [0.2, 0.25) is 0 Å². The maximum Gasteiger partial charge on any atom is 0.168 e. The van der Waals surface area contributed by atoms with Crippen LogP contribution in [0.2, 0.25) is 10.0 Å². The number of aliphatic hydroxyl groups excluding tert-OH is 1. The van der Waals surface area contributed by atoms with Crippen molar-refractivity contribution in [1.29, 1.82) is 5.26 Å². The van der Waals surface area contributed by atoms with E-state index in [9.17, 15) is 5.11 Å². The summed E-state index contributed by atoms with van der Waals surface area (Å²) in [6.45, 7) is 0.432. The molecule has 1 heterocycles. The molecule has 0 amide bonds. The molecule has 0 atom stereocenters. The molecule has 0 unspecified atom stereocenters. The second-order valence-electron chi connectivity index (χ2n) is 4.29. The predicted molar refractivity (Wildman–Crippen MR) is 84.4 cm³/mol. The predicted octanol–water partition coefficient (Wildman–Crippen LogP) is 3.89. The summed E-state index contributed by atoms with van der Waals surface area (Å²) in [5.41, 5.74) is 1.75. The molecule has 110 valence electrons. The third kappa shape index (κ3) is 4.14. The molecule has 21 heavy (non-hydrogen) atoms. The number of hydrogen-bond acceptors (Lipinski definition) is 4. The molecule has 1 aromatic carbocycles. The molecule has 0 aliphatic rings. The van der Waals surface area contributed by atoms with Crippen molar-refractivity contribution >= 4 is 35.0 Å². The first-order valence-corrected chi connectivity index (χ1v) is 7.98. The molecule has 0 saturated heterocycles. The van der Waals surface area contributed by atoms with Crippen molar-refractivity contribution in [3.63, 3.8) is 0 Å². The highest BCUT2D eigenvalue weighted by atomic mass is 35.5. The largest absolute Gasteiger partial charge is 0.390 e. The van der Waals surface area contributed by atoms with E-state index < -0.39 is 0 Å². The van der Waals surface area contributed by atoms with Crippen LogP contribution in [-0.4, -0.2) is 14.7 Å². The number of halogens is 2. The van der Waals surface area contributed by atoms with Crippen molar-refractivity contribution in [2.45, 2.75) is 30.5 Å². The Kier molecular flexibility index (Phi) is 5.95. The first-order chi connectivity index (χ1) is 10.2. The number of thioether (sulfide) groups is 1. The molecule has 0 fully saturated rings. The Morgan fingerprint density at radius 3 is 2.81 bits per heavy atom. The van der Waals surface area contributed by atoms with Gasteiger partial charge in [-0.25, -0.2) is 4.98 Å². The molecule has 0 radical (unpaired) electrons. The van der Waals surface area contributed by atoms with Gasteiger partial charge < -0.3 is 9.67 Å². The average molecular weight is 342 g/mol. The van der Waals surface area contributed by atoms with Gasteiger partial charge in [-0.15, -0.1) is 0 Å². The fourth-order valence-electron chi connectivity index (χ4n) is 1.81. The maximum atomic E-state index is 9.30. The quantitative estimate of drug-likeness (QED) is 0.809. The molecular weight excluding hydrogens is 329 g/mol. The van der Waals surface area contributed by atoms with E-state index in [2.05, 4.69) is 11.1 Å². The van der Waals surface area contributed by atoms with Crippen LogP contribution in [0.3, 0.4) is 0 Å². The first-order valence-electron chi connectivity index (χ1n) is 6.24. The molecule has 4 nitrogen and oxygen atoms in total. The highest BCUT2D eigenvalue weighted by Crippen LogP contribution is 2.27. The molecule has 0 saturated carbocycles. The smallest absolute Gasteiger partial charge is 0.168 e. The summed E-state index contributed by atoms with van der Waals surface area (Å²) >= 11 is 13.4. The Labute approximate surface area is 137 Å². The van der Waals surface area contributed by atoms with E-state index in [1.54, 1.807) is 12.3 Å². The monoisotopic (exact) mass is 341 g/mol. The topological polar surface area (TPSA) is 61.8 Å². The average Bonchev–Trinajstić information content (AvgIpc) is 2.88. The first kappa shape index (κ1) is 16.2. The summed E-state index contributed by atoms with van der Waals surface area (Å²) < 4.78 is 1.87. The second kappa shape index (κ2) is 7.71. The van der Waals surface area contributed by atoms with Crippen LogP contribution in [0, 0.1) is 11.3 Å². The molecule has 2 aromatic rings. The molecular formula is C14H13Cl2N3OS. The van der Waals surface area contributed by atoms with Crippen molar-refractivity contribution in [1.82, 2.24) is 9.55 Å². The van der Waals surface area contributed by atoms with Crippen LogP contribution in [0.4, 0.5) is 0 Å². The zero-order valence-corrected chi connectivity index (χ0v) is 13.4. The van der Waals surface area contributed by atoms with Crippen molar-refractivity contribution < 1.29 is 5.11 Å². The molecule has 1 aromatic heterocycles. The number of nitrogens with zero attached hydrogens (tertiary/aromatic N) is 3. The van der Waals surface area contributed by atoms with Gasteiger partial charge in [-0.05, 0) is 17.7 Å². The molecule has 0 bridgehead atoms. The molecule has 1 N–H and O–H groups in total. The third-order valence-corrected chi connectivity index (χ3v) is 4.66. The van der Waals surface area contributed by atoms with Crippen LogP contribution in [0.1, 0.15) is 17.7 Å². The summed E-state index contributed by atoms with van der Waals surface area (Å²) in [7, 11) is 0. The SMILES string of the molecule is N#CCCn1c(CO)cnc1SCc1ccc(Cl)c(Cl)c1. The lowest BCUT2D eigenvalue weighted by Crippen LogP contribution is -2.04. The van der Waals surface area contributed by atoms with Crippen molar-refractivity contribution in [3.8, 4) is 6.07 Å². The summed E-state index contributed by atoms with van der Waals surface area (Å²) in [5, 5.41) is 19.8. The van der Waals surface area contributed by atoms with E-state index in [0.29, 0.717) is 34.5 Å². The summed E-state index contributed by atoms with van der Waals surface area (Å²) in [5.74, 6) is 0.686. The number of imidazole rings is 1. The van der Waals surface area contributed by atoms with Crippen LogP contribution in [-0.2, 0) is 18.9 Å². The minimum atomic E-state index is -0.0915. The Hall–Kier alpha value is -1.19. The Balaban J connectivity index is 2.10. The van der Waals surface area contributed by atoms with Crippen LogP contribution >= 0.6 is 35.0 Å². The van der Waals surface area contributed by atoms with E-state index in [0.717, 1.165) is 10.7 Å². The number of rotatable bonds is 6. The van der Waals surface area contributed by atoms with Gasteiger partial charge in [-0.1, -0.05) is 41.0 Å². The number of aromatic nitrogens is 2. The lowest BCUT2D eigenvalue weighted by atomic mass is 10.2. The lowest BCUT2D eigenvalue weighted by molar-refractivity contribution is 0.269. The zero-order valence-electron chi connectivity index (χ0n) is 11.1. The second-order valence-corrected chi connectivity index (χ2v) is 6.04. The summed E-state index contributed by atoms with van der Waals surface area (Å²) in [6, 6.07) is 7.60. The molecule has 0 aliphatic heterocycles. The van der Waals surface area contributed by atoms with E-state index in [4.69, 9.17) is 28.5 Å². The Morgan fingerprint density at radius 2 is 2.14 bits per heavy atom. The van der Waals surface area contributed by atoms with E-state index in [1.165, 1.54) is 11.8 Å². The van der Waals surface area contributed by atoms with Gasteiger partial charge in [-0.3, -0.25) is 0 Å². The van der Waals surface area contributed by atoms with E-state index >= 15 is 0 Å². The highest BCUT2D eigenvalue weighted by molar-refractivity contribution is 7.98. The molecule has 0 spiro atoms. The number of hydrogen-bond donors (Lipinski definition) is 1. The third-order valence-electron chi connectivity index (χ3n) is 2.86. The summed E-state index contributed by atoms with van der Waals surface area (Å²) in [4.78, 5) is 4.29. The van der Waals surface area contributed by atoms with Gasteiger partial charge in [0.15, 0.2) is 5.16 Å². The van der Waals surface area contributed by atoms with Crippen LogP contribution in [0.25, 0.3) is 0 Å². The maximum absolute atomic E-state index is 9.30. The lowest BCUT2D eigenvalue weighted by Gasteiger charge is -2.08. The molecule has 2 rings (SSSR count). The Morgan fingerprint density at radius 1 is 1.33 bits per heavy atom. The van der Waals surface area contributed by atoms with E-state index in [1.807, 2.05) is 16.7 Å². The molecule has 7 heteroatoms. The van der Waals surface area contributed by atoms with Gasteiger partial charge >= 0.3 is 0 Å². The minimum Gasteiger partial charge on any atom is -0.390 e. The van der Waals surface area contributed by atoms with Crippen LogP contribution in [0.5, 0.6) is 0 Å². The summed E-state index contributed by atoms with van der Waals surface area (Å²) in [6.07, 6.45) is 2.01. The Bertz CT molecular complexity index is 667. The van der Waals surface area contributed by atoms with Gasteiger partial charge in [-0.2, -0.15) is 5.26 Å². The zero-order chi connectivity index (χ0) is 15.2. The van der Waals surface area contributed by atoms with Crippen molar-refractivity contribution in [2.24, 2.45) is 0 Å². The fraction of sp³-hybridized carbons (Fsp3) is 0.286. The minimum absolute atomic E-state index is 0.0915. The van der Waals surface area contributed by atoms with Gasteiger partial charge in [0.1, 0.15) is 0 Å². The van der Waals surface area contributed by atoms with Gasteiger partial charge in [0, 0.05) is 12.3 Å². The fourth-order valence-corrected chi connectivity index (χ4v) is 3.10.